The molecule has 3 atom stereocenters. The van der Waals surface area contributed by atoms with Gasteiger partial charge in [0.2, 0.25) is 17.7 Å². The highest BCUT2D eigenvalue weighted by atomic mass is 35.5. The summed E-state index contributed by atoms with van der Waals surface area (Å²) in [5, 5.41) is 2.84. The molecule has 2 aliphatic rings. The fourth-order valence-electron chi connectivity index (χ4n) is 5.32. The largest absolute Gasteiger partial charge is 0.378 e. The number of fused-ring (bicyclic) bond motifs is 2. The van der Waals surface area contributed by atoms with Gasteiger partial charge < -0.3 is 10.2 Å². The maximum Gasteiger partial charge on any atom is 0.308 e. The summed E-state index contributed by atoms with van der Waals surface area (Å²) in [6.45, 7) is -0.304. The summed E-state index contributed by atoms with van der Waals surface area (Å²) in [7, 11) is 3.85. The first-order valence-electron chi connectivity index (χ1n) is 13.0. The molecule has 0 radical (unpaired) electrons. The van der Waals surface area contributed by atoms with Crippen LogP contribution >= 0.6 is 34.7 Å². The Morgan fingerprint density at radius 1 is 0.952 bits per heavy atom. The van der Waals surface area contributed by atoms with Crippen LogP contribution in [0.3, 0.4) is 0 Å². The number of benzene rings is 3. The van der Waals surface area contributed by atoms with Crippen LogP contribution in [-0.2, 0) is 20.9 Å². The SMILES string of the molecule is CN(C)c1ccc(C2c3sc(=O)n(CC(=O)Nc4ccc(F)cc4)c3SC3C(=O)N(c4ccc(Cl)cc4)C(=O)C32)cc1. The van der Waals surface area contributed by atoms with Gasteiger partial charge in [-0.05, 0) is 66.2 Å². The quantitative estimate of drug-likeness (QED) is 0.297. The maximum atomic E-state index is 14.0. The highest BCUT2D eigenvalue weighted by Crippen LogP contribution is 2.54. The van der Waals surface area contributed by atoms with Crippen LogP contribution in [0.25, 0.3) is 0 Å². The summed E-state index contributed by atoms with van der Waals surface area (Å²) in [6, 6.07) is 19.5. The second-order valence-corrected chi connectivity index (χ2v) is 12.8. The summed E-state index contributed by atoms with van der Waals surface area (Å²) >= 11 is 8.17. The Morgan fingerprint density at radius 2 is 1.62 bits per heavy atom. The van der Waals surface area contributed by atoms with Gasteiger partial charge in [-0.15, -0.1) is 0 Å². The van der Waals surface area contributed by atoms with Gasteiger partial charge >= 0.3 is 4.87 Å². The third-order valence-corrected chi connectivity index (χ3v) is 10.2. The highest BCUT2D eigenvalue weighted by Gasteiger charge is 2.56. The van der Waals surface area contributed by atoms with E-state index in [0.29, 0.717) is 26.3 Å². The van der Waals surface area contributed by atoms with Crippen LogP contribution in [0.15, 0.2) is 82.6 Å². The number of imide groups is 1. The van der Waals surface area contributed by atoms with Gasteiger partial charge in [0.05, 0.1) is 16.6 Å². The van der Waals surface area contributed by atoms with E-state index in [4.69, 9.17) is 11.6 Å². The van der Waals surface area contributed by atoms with Crippen molar-refractivity contribution in [3.8, 4) is 0 Å². The van der Waals surface area contributed by atoms with Gasteiger partial charge in [0.25, 0.3) is 0 Å². The molecule has 3 unspecified atom stereocenters. The molecule has 1 saturated heterocycles. The van der Waals surface area contributed by atoms with E-state index in [0.717, 1.165) is 34.3 Å². The van der Waals surface area contributed by atoms with Crippen molar-refractivity contribution in [2.45, 2.75) is 22.7 Å². The average molecular weight is 623 g/mol. The second-order valence-electron chi connectivity index (χ2n) is 10.2. The molecule has 6 rings (SSSR count). The number of carbonyl (C=O) groups excluding carboxylic acids is 3. The van der Waals surface area contributed by atoms with Crippen molar-refractivity contribution in [1.29, 1.82) is 0 Å². The molecule has 0 spiro atoms. The Balaban J connectivity index is 1.41. The van der Waals surface area contributed by atoms with Crippen LogP contribution in [0, 0.1) is 11.7 Å². The van der Waals surface area contributed by atoms with Gasteiger partial charge in [-0.2, -0.15) is 0 Å². The molecule has 12 heteroatoms. The summed E-state index contributed by atoms with van der Waals surface area (Å²) in [5.74, 6) is -2.98. The lowest BCUT2D eigenvalue weighted by Crippen LogP contribution is -2.33. The molecular weight excluding hydrogens is 599 g/mol. The van der Waals surface area contributed by atoms with Crippen LogP contribution < -0.4 is 20.0 Å². The van der Waals surface area contributed by atoms with Crippen molar-refractivity contribution in [3.63, 3.8) is 0 Å². The summed E-state index contributed by atoms with van der Waals surface area (Å²) < 4.78 is 14.7. The van der Waals surface area contributed by atoms with E-state index in [2.05, 4.69) is 5.32 Å². The number of thioether (sulfide) groups is 1. The van der Waals surface area contributed by atoms with Crippen LogP contribution in [0.4, 0.5) is 21.5 Å². The maximum absolute atomic E-state index is 14.0. The highest BCUT2D eigenvalue weighted by molar-refractivity contribution is 8.00. The average Bonchev–Trinajstić information content (AvgIpc) is 3.41. The Bertz CT molecular complexity index is 1750. The lowest BCUT2D eigenvalue weighted by molar-refractivity contribution is -0.122. The number of nitrogens with one attached hydrogen (secondary N) is 1. The third-order valence-electron chi connectivity index (χ3n) is 7.33. The standard InChI is InChI=1S/C30H24ClFN4O4S2/c1-34(2)20-11-3-16(4-12-20)23-24-25(28(39)36(27(24)38)21-13-5-17(31)6-14-21)41-29-26(23)42-30(40)35(29)15-22(37)33-19-9-7-18(32)8-10-19/h3-14,23-25H,15H2,1-2H3,(H,33,37). The minimum Gasteiger partial charge on any atom is -0.378 e. The predicted molar refractivity (Wildman–Crippen MR) is 163 cm³/mol. The van der Waals surface area contributed by atoms with Crippen molar-refractivity contribution in [2.75, 3.05) is 29.2 Å². The summed E-state index contributed by atoms with van der Waals surface area (Å²) in [5.41, 5.74) is 2.56. The molecule has 0 bridgehead atoms. The van der Waals surface area contributed by atoms with Gasteiger partial charge in [0, 0.05) is 41.3 Å². The fraction of sp³-hybridized carbons (Fsp3) is 0.200. The van der Waals surface area contributed by atoms with Crippen molar-refractivity contribution in [2.24, 2.45) is 5.92 Å². The molecule has 42 heavy (non-hydrogen) atoms. The number of hydrogen-bond donors (Lipinski definition) is 1. The molecule has 214 valence electrons. The number of anilines is 3. The number of hydrogen-bond acceptors (Lipinski definition) is 7. The van der Waals surface area contributed by atoms with Gasteiger partial charge in [0.15, 0.2) is 0 Å². The molecule has 1 N–H and O–H groups in total. The fourth-order valence-corrected chi connectivity index (χ4v) is 8.22. The molecule has 3 aromatic carbocycles. The van der Waals surface area contributed by atoms with E-state index < -0.39 is 28.8 Å². The van der Waals surface area contributed by atoms with Crippen molar-refractivity contribution in [3.05, 3.63) is 104 Å². The first-order valence-corrected chi connectivity index (χ1v) is 15.1. The number of aromatic nitrogens is 1. The number of halogens is 2. The first kappa shape index (κ1) is 28.2. The van der Waals surface area contributed by atoms with Crippen LogP contribution in [0.2, 0.25) is 5.02 Å². The Morgan fingerprint density at radius 3 is 2.26 bits per heavy atom. The third kappa shape index (κ3) is 5.01. The Kier molecular flexibility index (Phi) is 7.42. The number of nitrogens with zero attached hydrogens (tertiary/aromatic N) is 3. The number of rotatable bonds is 6. The van der Waals surface area contributed by atoms with E-state index in [9.17, 15) is 23.6 Å². The molecule has 0 aliphatic carbocycles. The predicted octanol–water partition coefficient (Wildman–Crippen LogP) is 5.20. The van der Waals surface area contributed by atoms with Crippen LogP contribution in [0.1, 0.15) is 16.4 Å². The van der Waals surface area contributed by atoms with Crippen molar-refractivity contribution in [1.82, 2.24) is 4.57 Å². The molecule has 1 aromatic heterocycles. The smallest absolute Gasteiger partial charge is 0.308 e. The number of carbonyl (C=O) groups is 3. The molecule has 3 amide bonds. The van der Waals surface area contributed by atoms with Crippen molar-refractivity contribution >= 4 is 69.5 Å². The zero-order valence-corrected chi connectivity index (χ0v) is 24.8. The number of amides is 3. The van der Waals surface area contributed by atoms with E-state index in [1.807, 2.05) is 43.3 Å². The van der Waals surface area contributed by atoms with E-state index >= 15 is 0 Å². The van der Waals surface area contributed by atoms with Gasteiger partial charge in [-0.3, -0.25) is 23.7 Å². The monoisotopic (exact) mass is 622 g/mol. The topological polar surface area (TPSA) is 91.7 Å². The lowest BCUT2D eigenvalue weighted by Gasteiger charge is -2.31. The zero-order valence-electron chi connectivity index (χ0n) is 22.4. The number of thiazole rings is 1. The first-order chi connectivity index (χ1) is 20.1. The Labute approximate surface area is 253 Å². The van der Waals surface area contributed by atoms with Gasteiger partial charge in [-0.25, -0.2) is 9.29 Å². The lowest BCUT2D eigenvalue weighted by atomic mass is 9.83. The zero-order chi connectivity index (χ0) is 29.7. The van der Waals surface area contributed by atoms with Crippen molar-refractivity contribution < 1.29 is 18.8 Å². The minimum atomic E-state index is -0.806. The molecule has 2 aliphatic heterocycles. The van der Waals surface area contributed by atoms with E-state index in [1.165, 1.54) is 33.7 Å². The second kappa shape index (κ2) is 11.0. The summed E-state index contributed by atoms with van der Waals surface area (Å²) in [6.07, 6.45) is 0. The molecule has 8 nitrogen and oxygen atoms in total. The molecule has 3 heterocycles. The van der Waals surface area contributed by atoms with Gasteiger partial charge in [-0.1, -0.05) is 46.8 Å². The molecular formula is C30H24ClFN4O4S2. The van der Waals surface area contributed by atoms with Crippen LogP contribution in [0.5, 0.6) is 0 Å². The normalized spacial score (nSPS) is 19.4. The Hall–Kier alpha value is -3.93. The van der Waals surface area contributed by atoms with Gasteiger partial charge in [0.1, 0.15) is 17.6 Å². The van der Waals surface area contributed by atoms with Crippen LogP contribution in [-0.4, -0.2) is 41.6 Å². The summed E-state index contributed by atoms with van der Waals surface area (Å²) in [4.78, 5) is 57.5. The van der Waals surface area contributed by atoms with E-state index in [1.54, 1.807) is 24.3 Å². The molecule has 0 saturated carbocycles. The molecule has 4 aromatic rings. The molecule has 1 fully saturated rings. The minimum absolute atomic E-state index is 0.304. The van der Waals surface area contributed by atoms with E-state index in [-0.39, 0.29) is 23.2 Å².